The molecule has 156 valence electrons. The van der Waals surface area contributed by atoms with Crippen LogP contribution in [0.2, 0.25) is 5.15 Å². The summed E-state index contributed by atoms with van der Waals surface area (Å²) in [6.07, 6.45) is 0.836. The molecule has 0 unspecified atom stereocenters. The van der Waals surface area contributed by atoms with Crippen LogP contribution in [0.1, 0.15) is 12.5 Å². The first-order valence-corrected chi connectivity index (χ1v) is 10.1. The Morgan fingerprint density at radius 2 is 1.93 bits per heavy atom. The molecule has 0 spiro atoms. The minimum Gasteiger partial charge on any atom is -0.492 e. The molecule has 0 aliphatic carbocycles. The summed E-state index contributed by atoms with van der Waals surface area (Å²) in [6, 6.07) is 9.74. The molecule has 9 heteroatoms. The van der Waals surface area contributed by atoms with Crippen molar-refractivity contribution in [3.05, 3.63) is 41.0 Å². The molecule has 1 fully saturated rings. The van der Waals surface area contributed by atoms with Crippen molar-refractivity contribution in [2.75, 3.05) is 56.9 Å². The van der Waals surface area contributed by atoms with E-state index in [1.807, 2.05) is 17.0 Å². The van der Waals surface area contributed by atoms with Gasteiger partial charge in [-0.05, 0) is 24.1 Å². The number of nitrogens with two attached hydrogens (primary N) is 1. The predicted octanol–water partition coefficient (Wildman–Crippen LogP) is 1.91. The summed E-state index contributed by atoms with van der Waals surface area (Å²) in [5, 5.41) is 3.51. The van der Waals surface area contributed by atoms with Gasteiger partial charge in [0.15, 0.2) is 0 Å². The van der Waals surface area contributed by atoms with Crippen molar-refractivity contribution in [1.82, 2.24) is 19.8 Å². The van der Waals surface area contributed by atoms with E-state index in [0.717, 1.165) is 44.9 Å². The molecule has 1 aliphatic heterocycles. The summed E-state index contributed by atoms with van der Waals surface area (Å²) in [6.45, 7) is 7.23. The maximum atomic E-state index is 11.4. The van der Waals surface area contributed by atoms with Crippen molar-refractivity contribution in [1.29, 1.82) is 0 Å². The van der Waals surface area contributed by atoms with E-state index in [-0.39, 0.29) is 11.9 Å². The molecule has 1 aromatic heterocycles. The van der Waals surface area contributed by atoms with Crippen LogP contribution in [0, 0.1) is 0 Å². The molecule has 2 aromatic rings. The third kappa shape index (κ3) is 6.76. The molecule has 8 nitrogen and oxygen atoms in total. The maximum absolute atomic E-state index is 11.4. The SMILES string of the molecule is CC(=O)N1CCN(CCOc2ccc(CCNc3cc(Cl)nc(N)n3)cc2)CC1. The van der Waals surface area contributed by atoms with Gasteiger partial charge >= 0.3 is 0 Å². The predicted molar refractivity (Wildman–Crippen MR) is 114 cm³/mol. The second kappa shape index (κ2) is 10.3. The van der Waals surface area contributed by atoms with Crippen LogP contribution in [0.3, 0.4) is 0 Å². The number of anilines is 2. The van der Waals surface area contributed by atoms with Crippen LogP contribution in [-0.2, 0) is 11.2 Å². The summed E-state index contributed by atoms with van der Waals surface area (Å²) < 4.78 is 5.85. The minimum atomic E-state index is 0.154. The van der Waals surface area contributed by atoms with Crippen LogP contribution in [0.25, 0.3) is 0 Å². The molecule has 3 N–H and O–H groups in total. The third-order valence-corrected chi connectivity index (χ3v) is 5.04. The van der Waals surface area contributed by atoms with Gasteiger partial charge in [-0.3, -0.25) is 9.69 Å². The fourth-order valence-electron chi connectivity index (χ4n) is 3.19. The number of hydrogen-bond donors (Lipinski definition) is 2. The highest BCUT2D eigenvalue weighted by Gasteiger charge is 2.18. The van der Waals surface area contributed by atoms with Gasteiger partial charge in [0.25, 0.3) is 0 Å². The number of halogens is 1. The van der Waals surface area contributed by atoms with E-state index in [0.29, 0.717) is 24.1 Å². The second-order valence-corrected chi connectivity index (χ2v) is 7.34. The fourth-order valence-corrected chi connectivity index (χ4v) is 3.38. The topological polar surface area (TPSA) is 96.6 Å². The smallest absolute Gasteiger partial charge is 0.223 e. The van der Waals surface area contributed by atoms with E-state index in [2.05, 4.69) is 32.3 Å². The molecule has 29 heavy (non-hydrogen) atoms. The number of ether oxygens (including phenoxy) is 1. The largest absolute Gasteiger partial charge is 0.492 e. The lowest BCUT2D eigenvalue weighted by atomic mass is 10.1. The molecule has 1 amide bonds. The van der Waals surface area contributed by atoms with Gasteiger partial charge in [-0.2, -0.15) is 4.98 Å². The molecule has 0 bridgehead atoms. The highest BCUT2D eigenvalue weighted by atomic mass is 35.5. The first-order chi connectivity index (χ1) is 14.0. The van der Waals surface area contributed by atoms with E-state index in [9.17, 15) is 4.79 Å². The number of nitrogen functional groups attached to an aromatic ring is 1. The van der Waals surface area contributed by atoms with Gasteiger partial charge in [0.2, 0.25) is 11.9 Å². The van der Waals surface area contributed by atoms with Crippen LogP contribution < -0.4 is 15.8 Å². The number of nitrogens with zero attached hydrogens (tertiary/aromatic N) is 4. The van der Waals surface area contributed by atoms with Crippen molar-refractivity contribution < 1.29 is 9.53 Å². The lowest BCUT2D eigenvalue weighted by Gasteiger charge is -2.34. The van der Waals surface area contributed by atoms with Crippen LogP contribution in [0.4, 0.5) is 11.8 Å². The van der Waals surface area contributed by atoms with Gasteiger partial charge in [0.05, 0.1) is 0 Å². The first-order valence-electron chi connectivity index (χ1n) is 9.73. The Morgan fingerprint density at radius 3 is 2.59 bits per heavy atom. The molecule has 1 aromatic carbocycles. The highest BCUT2D eigenvalue weighted by molar-refractivity contribution is 6.29. The number of nitrogens with one attached hydrogen (secondary N) is 1. The van der Waals surface area contributed by atoms with Crippen molar-refractivity contribution in [3.8, 4) is 5.75 Å². The van der Waals surface area contributed by atoms with Gasteiger partial charge in [0.1, 0.15) is 23.3 Å². The van der Waals surface area contributed by atoms with Crippen molar-refractivity contribution in [3.63, 3.8) is 0 Å². The van der Waals surface area contributed by atoms with Gasteiger partial charge in [-0.1, -0.05) is 23.7 Å². The Bertz CT molecular complexity index is 789. The minimum absolute atomic E-state index is 0.154. The molecule has 1 aliphatic rings. The Kier molecular flexibility index (Phi) is 7.48. The van der Waals surface area contributed by atoms with Crippen LogP contribution in [0.15, 0.2) is 30.3 Å². The maximum Gasteiger partial charge on any atom is 0.223 e. The average Bonchev–Trinajstić information content (AvgIpc) is 2.69. The van der Waals surface area contributed by atoms with Crippen molar-refractivity contribution in [2.45, 2.75) is 13.3 Å². The standard InChI is InChI=1S/C20H27ClN6O2/c1-15(28)27-10-8-26(9-11-27)12-13-29-17-4-2-16(3-5-17)6-7-23-19-14-18(21)24-20(22)25-19/h2-5,14H,6-13H2,1H3,(H3,22,23,24,25). The van der Waals surface area contributed by atoms with Crippen LogP contribution >= 0.6 is 11.6 Å². The highest BCUT2D eigenvalue weighted by Crippen LogP contribution is 2.15. The molecular weight excluding hydrogens is 392 g/mol. The molecule has 0 saturated carbocycles. The number of rotatable bonds is 8. The summed E-state index contributed by atoms with van der Waals surface area (Å²) in [4.78, 5) is 23.5. The normalized spacial score (nSPS) is 14.6. The Labute approximate surface area is 176 Å². The van der Waals surface area contributed by atoms with E-state index >= 15 is 0 Å². The number of piperazine rings is 1. The number of benzene rings is 1. The molecule has 2 heterocycles. The second-order valence-electron chi connectivity index (χ2n) is 6.95. The van der Waals surface area contributed by atoms with Crippen molar-refractivity contribution in [2.24, 2.45) is 0 Å². The van der Waals surface area contributed by atoms with Gasteiger partial charge < -0.3 is 20.7 Å². The molecule has 1 saturated heterocycles. The zero-order valence-electron chi connectivity index (χ0n) is 16.6. The Hall–Kier alpha value is -2.58. The summed E-state index contributed by atoms with van der Waals surface area (Å²) in [5.74, 6) is 1.79. The summed E-state index contributed by atoms with van der Waals surface area (Å²) >= 11 is 5.87. The van der Waals surface area contributed by atoms with Gasteiger partial charge in [0, 0.05) is 52.3 Å². The number of aromatic nitrogens is 2. The monoisotopic (exact) mass is 418 g/mol. The summed E-state index contributed by atoms with van der Waals surface area (Å²) in [7, 11) is 0. The first kappa shape index (κ1) is 21.1. The zero-order chi connectivity index (χ0) is 20.6. The Balaban J connectivity index is 1.35. The Morgan fingerprint density at radius 1 is 1.21 bits per heavy atom. The lowest BCUT2D eigenvalue weighted by Crippen LogP contribution is -2.48. The zero-order valence-corrected chi connectivity index (χ0v) is 17.4. The average molecular weight is 419 g/mol. The van der Waals surface area contributed by atoms with Gasteiger partial charge in [-0.25, -0.2) is 4.98 Å². The van der Waals surface area contributed by atoms with E-state index < -0.39 is 0 Å². The molecule has 0 radical (unpaired) electrons. The lowest BCUT2D eigenvalue weighted by molar-refractivity contribution is -0.130. The van der Waals surface area contributed by atoms with E-state index in [4.69, 9.17) is 22.1 Å². The third-order valence-electron chi connectivity index (χ3n) is 4.85. The molecule has 3 rings (SSSR count). The fraction of sp³-hybridized carbons (Fsp3) is 0.450. The van der Waals surface area contributed by atoms with E-state index in [1.165, 1.54) is 5.56 Å². The molecular formula is C20H27ClN6O2. The van der Waals surface area contributed by atoms with E-state index in [1.54, 1.807) is 13.0 Å². The number of carbonyl (C=O) groups is 1. The number of amides is 1. The molecule has 0 atom stereocenters. The summed E-state index contributed by atoms with van der Waals surface area (Å²) in [5.41, 5.74) is 6.78. The van der Waals surface area contributed by atoms with Gasteiger partial charge in [-0.15, -0.1) is 0 Å². The van der Waals surface area contributed by atoms with Crippen molar-refractivity contribution >= 4 is 29.3 Å². The van der Waals surface area contributed by atoms with Crippen LogP contribution in [0.5, 0.6) is 5.75 Å². The number of carbonyl (C=O) groups excluding carboxylic acids is 1. The van der Waals surface area contributed by atoms with Crippen LogP contribution in [-0.4, -0.2) is 71.6 Å². The quantitative estimate of drug-likeness (QED) is 0.632. The number of hydrogen-bond acceptors (Lipinski definition) is 7.